The fourth-order valence-corrected chi connectivity index (χ4v) is 3.20. The zero-order valence-electron chi connectivity index (χ0n) is 16.8. The van der Waals surface area contributed by atoms with E-state index in [1.807, 2.05) is 17.0 Å². The molecule has 3 rings (SSSR count). The summed E-state index contributed by atoms with van der Waals surface area (Å²) < 4.78 is 10.0. The van der Waals surface area contributed by atoms with E-state index in [0.29, 0.717) is 36.6 Å². The highest BCUT2D eigenvalue weighted by Crippen LogP contribution is 2.18. The SMILES string of the molecule is COCC(=O)N1CCCN(c2ccc(NC(=O)c3ccc(OC)cc3)cn2)CC1. The van der Waals surface area contributed by atoms with Crippen molar-refractivity contribution in [2.45, 2.75) is 6.42 Å². The first kappa shape index (κ1) is 20.6. The van der Waals surface area contributed by atoms with E-state index in [0.717, 1.165) is 18.8 Å². The van der Waals surface area contributed by atoms with E-state index in [1.165, 1.54) is 7.11 Å². The van der Waals surface area contributed by atoms with Crippen molar-refractivity contribution in [2.24, 2.45) is 0 Å². The number of rotatable bonds is 6. The number of carbonyl (C=O) groups excluding carboxylic acids is 2. The maximum absolute atomic E-state index is 12.4. The Kier molecular flexibility index (Phi) is 7.02. The molecule has 0 bridgehead atoms. The van der Waals surface area contributed by atoms with Crippen LogP contribution in [0.15, 0.2) is 42.6 Å². The van der Waals surface area contributed by atoms with Crippen LogP contribution in [0.4, 0.5) is 11.5 Å². The smallest absolute Gasteiger partial charge is 0.255 e. The Labute approximate surface area is 170 Å². The van der Waals surface area contributed by atoms with Crippen LogP contribution in [0.25, 0.3) is 0 Å². The first-order valence-corrected chi connectivity index (χ1v) is 9.54. The molecule has 0 aliphatic carbocycles. The Morgan fingerprint density at radius 3 is 2.48 bits per heavy atom. The summed E-state index contributed by atoms with van der Waals surface area (Å²) in [6.45, 7) is 3.00. The van der Waals surface area contributed by atoms with Crippen molar-refractivity contribution in [1.82, 2.24) is 9.88 Å². The molecule has 1 aliphatic rings. The van der Waals surface area contributed by atoms with Crippen molar-refractivity contribution in [3.05, 3.63) is 48.2 Å². The maximum Gasteiger partial charge on any atom is 0.255 e. The topological polar surface area (TPSA) is 84.0 Å². The van der Waals surface area contributed by atoms with Gasteiger partial charge in [-0.2, -0.15) is 0 Å². The number of ether oxygens (including phenoxy) is 2. The predicted molar refractivity (Wildman–Crippen MR) is 110 cm³/mol. The van der Waals surface area contributed by atoms with Gasteiger partial charge in [-0.05, 0) is 42.8 Å². The molecule has 0 radical (unpaired) electrons. The number of anilines is 2. The summed E-state index contributed by atoms with van der Waals surface area (Å²) >= 11 is 0. The molecule has 2 aromatic rings. The van der Waals surface area contributed by atoms with Gasteiger partial charge >= 0.3 is 0 Å². The number of amides is 2. The van der Waals surface area contributed by atoms with E-state index in [2.05, 4.69) is 15.2 Å². The van der Waals surface area contributed by atoms with Crippen molar-refractivity contribution >= 4 is 23.3 Å². The summed E-state index contributed by atoms with van der Waals surface area (Å²) in [5, 5.41) is 2.85. The van der Waals surface area contributed by atoms with E-state index in [1.54, 1.807) is 37.6 Å². The number of benzene rings is 1. The van der Waals surface area contributed by atoms with Gasteiger partial charge in [0.2, 0.25) is 5.91 Å². The quantitative estimate of drug-likeness (QED) is 0.802. The zero-order chi connectivity index (χ0) is 20.6. The largest absolute Gasteiger partial charge is 0.497 e. The average molecular weight is 398 g/mol. The van der Waals surface area contributed by atoms with Crippen molar-refractivity contribution in [3.8, 4) is 5.75 Å². The number of carbonyl (C=O) groups is 2. The van der Waals surface area contributed by atoms with Crippen LogP contribution in [0.5, 0.6) is 5.75 Å². The summed E-state index contributed by atoms with van der Waals surface area (Å²) in [7, 11) is 3.11. The third-order valence-electron chi connectivity index (χ3n) is 4.80. The molecule has 8 heteroatoms. The van der Waals surface area contributed by atoms with Gasteiger partial charge in [0.15, 0.2) is 0 Å². The van der Waals surface area contributed by atoms with Crippen molar-refractivity contribution < 1.29 is 19.1 Å². The number of methoxy groups -OCH3 is 2. The number of hydrogen-bond donors (Lipinski definition) is 1. The number of hydrogen-bond acceptors (Lipinski definition) is 6. The van der Waals surface area contributed by atoms with Crippen molar-refractivity contribution in [2.75, 3.05) is 57.2 Å². The Hall–Kier alpha value is -3.13. The molecule has 1 saturated heterocycles. The fraction of sp³-hybridized carbons (Fsp3) is 0.381. The van der Waals surface area contributed by atoms with Gasteiger partial charge in [0.05, 0.1) is 19.0 Å². The van der Waals surface area contributed by atoms with Crippen LogP contribution in [-0.2, 0) is 9.53 Å². The second kappa shape index (κ2) is 9.88. The summed E-state index contributed by atoms with van der Waals surface area (Å²) in [5.74, 6) is 1.34. The minimum atomic E-state index is -0.204. The van der Waals surface area contributed by atoms with Gasteiger partial charge < -0.3 is 24.6 Å². The summed E-state index contributed by atoms with van der Waals surface area (Å²) in [4.78, 5) is 32.8. The van der Waals surface area contributed by atoms with Crippen LogP contribution in [0.3, 0.4) is 0 Å². The van der Waals surface area contributed by atoms with Crippen LogP contribution >= 0.6 is 0 Å². The van der Waals surface area contributed by atoms with Gasteiger partial charge in [0.1, 0.15) is 18.2 Å². The molecule has 1 aromatic carbocycles. The number of aromatic nitrogens is 1. The molecule has 154 valence electrons. The maximum atomic E-state index is 12.4. The number of nitrogens with one attached hydrogen (secondary N) is 1. The second-order valence-electron chi connectivity index (χ2n) is 6.74. The third kappa shape index (κ3) is 5.45. The number of nitrogens with zero attached hydrogens (tertiary/aromatic N) is 3. The predicted octanol–water partition coefficient (Wildman–Crippen LogP) is 2.03. The Bertz CT molecular complexity index is 824. The van der Waals surface area contributed by atoms with E-state index >= 15 is 0 Å². The van der Waals surface area contributed by atoms with E-state index < -0.39 is 0 Å². The Morgan fingerprint density at radius 2 is 1.83 bits per heavy atom. The van der Waals surface area contributed by atoms with Crippen LogP contribution < -0.4 is 15.0 Å². The van der Waals surface area contributed by atoms with Crippen LogP contribution in [0.1, 0.15) is 16.8 Å². The molecule has 0 spiro atoms. The number of pyridine rings is 1. The van der Waals surface area contributed by atoms with Gasteiger partial charge in [-0.1, -0.05) is 0 Å². The zero-order valence-corrected chi connectivity index (χ0v) is 16.8. The molecule has 1 aromatic heterocycles. The summed E-state index contributed by atoms with van der Waals surface area (Å²) in [6, 6.07) is 10.6. The van der Waals surface area contributed by atoms with Gasteiger partial charge in [0, 0.05) is 38.9 Å². The first-order valence-electron chi connectivity index (χ1n) is 9.54. The molecule has 1 N–H and O–H groups in total. The lowest BCUT2D eigenvalue weighted by Crippen LogP contribution is -2.37. The van der Waals surface area contributed by atoms with E-state index in [9.17, 15) is 9.59 Å². The molecule has 1 aliphatic heterocycles. The third-order valence-corrected chi connectivity index (χ3v) is 4.80. The normalized spacial score (nSPS) is 14.3. The molecule has 0 unspecified atom stereocenters. The highest BCUT2D eigenvalue weighted by Gasteiger charge is 2.19. The van der Waals surface area contributed by atoms with Gasteiger partial charge in [-0.3, -0.25) is 9.59 Å². The van der Waals surface area contributed by atoms with E-state index in [4.69, 9.17) is 9.47 Å². The molecule has 0 saturated carbocycles. The molecule has 2 heterocycles. The molecular weight excluding hydrogens is 372 g/mol. The molecule has 1 fully saturated rings. The van der Waals surface area contributed by atoms with Crippen LogP contribution in [-0.4, -0.2) is 68.7 Å². The van der Waals surface area contributed by atoms with Gasteiger partial charge in [-0.15, -0.1) is 0 Å². The lowest BCUT2D eigenvalue weighted by molar-refractivity contribution is -0.134. The molecule has 2 amide bonds. The fourth-order valence-electron chi connectivity index (χ4n) is 3.20. The van der Waals surface area contributed by atoms with Crippen molar-refractivity contribution in [3.63, 3.8) is 0 Å². The van der Waals surface area contributed by atoms with Crippen LogP contribution in [0.2, 0.25) is 0 Å². The highest BCUT2D eigenvalue weighted by atomic mass is 16.5. The highest BCUT2D eigenvalue weighted by molar-refractivity contribution is 6.04. The van der Waals surface area contributed by atoms with E-state index in [-0.39, 0.29) is 18.4 Å². The minimum Gasteiger partial charge on any atom is -0.497 e. The first-order chi connectivity index (χ1) is 14.1. The molecule has 29 heavy (non-hydrogen) atoms. The molecule has 8 nitrogen and oxygen atoms in total. The lowest BCUT2D eigenvalue weighted by atomic mass is 10.2. The standard InChI is InChI=1S/C21H26N4O4/c1-28-15-20(26)25-11-3-10-24(12-13-25)19-9-6-17(14-22-19)23-21(27)16-4-7-18(29-2)8-5-16/h4-9,14H,3,10-13,15H2,1-2H3,(H,23,27). The van der Waals surface area contributed by atoms with Crippen molar-refractivity contribution in [1.29, 1.82) is 0 Å². The van der Waals surface area contributed by atoms with Crippen LogP contribution in [0, 0.1) is 0 Å². The minimum absolute atomic E-state index is 0.0129. The summed E-state index contributed by atoms with van der Waals surface area (Å²) in [5.41, 5.74) is 1.17. The Balaban J connectivity index is 1.58. The second-order valence-corrected chi connectivity index (χ2v) is 6.74. The summed E-state index contributed by atoms with van der Waals surface area (Å²) in [6.07, 6.45) is 2.52. The molecule has 0 atom stereocenters. The lowest BCUT2D eigenvalue weighted by Gasteiger charge is -2.23. The monoisotopic (exact) mass is 398 g/mol. The average Bonchev–Trinajstić information content (AvgIpc) is 3.01. The molecular formula is C21H26N4O4. The van der Waals surface area contributed by atoms with Gasteiger partial charge in [0.25, 0.3) is 5.91 Å². The van der Waals surface area contributed by atoms with Gasteiger partial charge in [-0.25, -0.2) is 4.98 Å². The Morgan fingerprint density at radius 1 is 1.03 bits per heavy atom.